The van der Waals surface area contributed by atoms with E-state index in [9.17, 15) is 31.5 Å². The van der Waals surface area contributed by atoms with Gasteiger partial charge in [0.2, 0.25) is 0 Å². The van der Waals surface area contributed by atoms with Crippen LogP contribution in [0.2, 0.25) is 0 Å². The summed E-state index contributed by atoms with van der Waals surface area (Å²) < 4.78 is 88.6. The summed E-state index contributed by atoms with van der Waals surface area (Å²) in [6.07, 6.45) is -8.46. The van der Waals surface area contributed by atoms with Gasteiger partial charge in [-0.2, -0.15) is 26.3 Å². The number of aryl methyl sites for hydroxylation is 1. The molecule has 2 aromatic rings. The van der Waals surface area contributed by atoms with Gasteiger partial charge in [0.05, 0.1) is 17.8 Å². The lowest BCUT2D eigenvalue weighted by atomic mass is 9.93. The van der Waals surface area contributed by atoms with E-state index in [-0.39, 0.29) is 23.9 Å². The molecule has 234 valence electrons. The van der Waals surface area contributed by atoms with E-state index in [2.05, 4.69) is 20.4 Å². The average molecular weight is 611 g/mol. The molecule has 3 aliphatic rings. The summed E-state index contributed by atoms with van der Waals surface area (Å²) in [5.41, 5.74) is -1.06. The maximum absolute atomic E-state index is 14.5. The lowest BCUT2D eigenvalue weighted by molar-refractivity contribution is -0.143. The second kappa shape index (κ2) is 12.4. The highest BCUT2D eigenvalue weighted by Crippen LogP contribution is 2.38. The number of hydroxylamine groups is 2. The Balaban J connectivity index is 1.62. The van der Waals surface area contributed by atoms with Gasteiger partial charge >= 0.3 is 12.4 Å². The second-order valence-corrected chi connectivity index (χ2v) is 11.2. The van der Waals surface area contributed by atoms with Crippen LogP contribution in [0.3, 0.4) is 0 Å². The Labute approximate surface area is 246 Å². The van der Waals surface area contributed by atoms with Gasteiger partial charge in [0.25, 0.3) is 0 Å². The minimum atomic E-state index is -5.00. The average Bonchev–Trinajstić information content (AvgIpc) is 3.17. The van der Waals surface area contributed by atoms with Crippen molar-refractivity contribution in [2.75, 3.05) is 46.4 Å². The Morgan fingerprint density at radius 3 is 2.33 bits per heavy atom. The summed E-state index contributed by atoms with van der Waals surface area (Å²) in [4.78, 5) is 4.34. The fraction of sp³-hybridized carbons (Fsp3) is 0.467. The van der Waals surface area contributed by atoms with Crippen molar-refractivity contribution in [3.8, 4) is 0 Å². The Morgan fingerprint density at radius 2 is 1.65 bits per heavy atom. The highest BCUT2D eigenvalue weighted by atomic mass is 19.4. The predicted molar refractivity (Wildman–Crippen MR) is 150 cm³/mol. The topological polar surface area (TPSA) is 66.1 Å². The third-order valence-corrected chi connectivity index (χ3v) is 8.05. The molecular formula is C30H34F6N5O2-. The zero-order valence-electron chi connectivity index (χ0n) is 23.9. The number of likely N-dealkylation sites (N-methyl/N-ethyl adjacent to an activating group) is 1. The molecule has 0 spiro atoms. The highest BCUT2D eigenvalue weighted by molar-refractivity contribution is 5.68. The summed E-state index contributed by atoms with van der Waals surface area (Å²) in [6.45, 7) is 5.39. The van der Waals surface area contributed by atoms with Crippen molar-refractivity contribution in [1.82, 2.24) is 25.5 Å². The second-order valence-electron chi connectivity index (χ2n) is 11.2. The molecule has 2 aromatic carbocycles. The van der Waals surface area contributed by atoms with Crippen molar-refractivity contribution in [1.29, 1.82) is 0 Å². The van der Waals surface area contributed by atoms with Crippen molar-refractivity contribution in [2.45, 2.75) is 44.4 Å². The largest absolute Gasteiger partial charge is 0.758 e. The molecule has 3 aliphatic heterocycles. The molecular weight excluding hydrogens is 576 g/mol. The van der Waals surface area contributed by atoms with E-state index in [0.29, 0.717) is 48.9 Å². The van der Waals surface area contributed by atoms with Crippen molar-refractivity contribution < 1.29 is 31.1 Å². The molecule has 5 rings (SSSR count). The number of nitrogens with zero attached hydrogens (tertiary/aromatic N) is 3. The third-order valence-electron chi connectivity index (χ3n) is 8.05. The van der Waals surface area contributed by atoms with E-state index in [1.807, 2.05) is 26.1 Å². The van der Waals surface area contributed by atoms with Gasteiger partial charge in [-0.05, 0) is 74.3 Å². The van der Waals surface area contributed by atoms with Gasteiger partial charge in [-0.1, -0.05) is 24.3 Å². The van der Waals surface area contributed by atoms with Crippen LogP contribution < -0.4 is 10.6 Å². The number of halogens is 6. The van der Waals surface area contributed by atoms with Crippen LogP contribution in [-0.2, 0) is 23.5 Å². The van der Waals surface area contributed by atoms with E-state index in [1.54, 1.807) is 18.2 Å². The van der Waals surface area contributed by atoms with Crippen molar-refractivity contribution >= 4 is 5.70 Å². The van der Waals surface area contributed by atoms with E-state index in [4.69, 9.17) is 4.74 Å². The number of alkyl halides is 6. The van der Waals surface area contributed by atoms with E-state index in [1.165, 1.54) is 0 Å². The standard InChI is InChI=1S/C30H34F6N5O2/c1-19-6-3-4-7-23(19)26-16-27(40-9-5-8-39(2)10-11-40)43-28-24(17-37-18-38-28)25(41(26)42)14-20-12-21(29(31,32)33)15-22(13-20)30(34,35)36/h3-4,6-7,12-13,15-16,25,27,37-38H,5,8-11,14,17-18H2,1-2H3/q-1/b26-16-. The van der Waals surface area contributed by atoms with Crippen LogP contribution in [-0.4, -0.2) is 73.6 Å². The monoisotopic (exact) mass is 610 g/mol. The van der Waals surface area contributed by atoms with Gasteiger partial charge in [-0.15, -0.1) is 0 Å². The molecule has 0 aromatic heterocycles. The number of rotatable bonds is 4. The fourth-order valence-electron chi connectivity index (χ4n) is 5.73. The highest BCUT2D eigenvalue weighted by Gasteiger charge is 2.38. The summed E-state index contributed by atoms with van der Waals surface area (Å²) >= 11 is 0. The van der Waals surface area contributed by atoms with E-state index >= 15 is 0 Å². The molecule has 2 atom stereocenters. The summed E-state index contributed by atoms with van der Waals surface area (Å²) in [5.74, 6) is 0.301. The SMILES string of the molecule is Cc1ccccc1/C1=C/C(N2CCCN(C)CC2)OC2=C(CNCN2)C(Cc2cc(C(F)(F)F)cc(C(F)(F)F)c2)N1[O-]. The molecule has 0 saturated carbocycles. The summed E-state index contributed by atoms with van der Waals surface area (Å²) in [6, 6.07) is 7.50. The zero-order chi connectivity index (χ0) is 30.9. The van der Waals surface area contributed by atoms with Gasteiger partial charge in [-0.3, -0.25) is 10.2 Å². The van der Waals surface area contributed by atoms with Crippen molar-refractivity contribution in [2.24, 2.45) is 0 Å². The van der Waals surface area contributed by atoms with Crippen LogP contribution in [0.25, 0.3) is 5.70 Å². The van der Waals surface area contributed by atoms with Gasteiger partial charge in [0.1, 0.15) is 0 Å². The first-order chi connectivity index (χ1) is 20.3. The maximum Gasteiger partial charge on any atom is 0.416 e. The summed E-state index contributed by atoms with van der Waals surface area (Å²) in [7, 11) is 2.04. The van der Waals surface area contributed by atoms with Gasteiger partial charge in [0, 0.05) is 43.5 Å². The Bertz CT molecular complexity index is 1340. The minimum Gasteiger partial charge on any atom is -0.758 e. The zero-order valence-corrected chi connectivity index (χ0v) is 23.9. The molecule has 7 nitrogen and oxygen atoms in total. The van der Waals surface area contributed by atoms with Crippen molar-refractivity contribution in [3.05, 3.63) is 93.0 Å². The molecule has 0 bridgehead atoms. The molecule has 43 heavy (non-hydrogen) atoms. The Morgan fingerprint density at radius 1 is 0.953 bits per heavy atom. The number of benzene rings is 2. The maximum atomic E-state index is 14.5. The lowest BCUT2D eigenvalue weighted by Crippen LogP contribution is -2.49. The lowest BCUT2D eigenvalue weighted by Gasteiger charge is -2.47. The number of nitrogens with one attached hydrogen (secondary N) is 2. The molecule has 0 radical (unpaired) electrons. The molecule has 2 unspecified atom stereocenters. The van der Waals surface area contributed by atoms with Crippen LogP contribution >= 0.6 is 0 Å². The van der Waals surface area contributed by atoms with Crippen LogP contribution in [0.4, 0.5) is 26.3 Å². The fourth-order valence-corrected chi connectivity index (χ4v) is 5.73. The minimum absolute atomic E-state index is 0.0933. The quantitative estimate of drug-likeness (QED) is 0.465. The normalized spacial score (nSPS) is 24.2. The molecule has 0 aliphatic carbocycles. The number of ether oxygens (including phenoxy) is 1. The van der Waals surface area contributed by atoms with Crippen LogP contribution in [0.1, 0.15) is 34.2 Å². The van der Waals surface area contributed by atoms with Gasteiger partial charge in [-0.25, -0.2) is 0 Å². The van der Waals surface area contributed by atoms with Crippen LogP contribution in [0, 0.1) is 12.1 Å². The van der Waals surface area contributed by atoms with Crippen molar-refractivity contribution in [3.63, 3.8) is 0 Å². The number of hydrogen-bond donors (Lipinski definition) is 2. The number of hydrogen-bond acceptors (Lipinski definition) is 7. The molecule has 13 heteroatoms. The first-order valence-electron chi connectivity index (χ1n) is 14.1. The smallest absolute Gasteiger partial charge is 0.416 e. The van der Waals surface area contributed by atoms with Crippen LogP contribution in [0.5, 0.6) is 0 Å². The van der Waals surface area contributed by atoms with E-state index in [0.717, 1.165) is 30.1 Å². The first kappa shape index (κ1) is 31.2. The molecule has 1 fully saturated rings. The molecule has 0 amide bonds. The Hall–Kier alpha value is -3.26. The van der Waals surface area contributed by atoms with Gasteiger partial charge in [0.15, 0.2) is 12.1 Å². The predicted octanol–water partition coefficient (Wildman–Crippen LogP) is 5.14. The molecule has 2 N–H and O–H groups in total. The molecule has 3 heterocycles. The Kier molecular flexibility index (Phi) is 8.98. The van der Waals surface area contributed by atoms with Gasteiger partial charge < -0.3 is 25.2 Å². The molecule has 1 saturated heterocycles. The third kappa shape index (κ3) is 7.11. The van der Waals surface area contributed by atoms with E-state index < -0.39 is 42.2 Å². The first-order valence-corrected chi connectivity index (χ1v) is 14.1. The summed E-state index contributed by atoms with van der Waals surface area (Å²) in [5, 5.41) is 21.4. The van der Waals surface area contributed by atoms with Crippen LogP contribution in [0.15, 0.2) is 60.0 Å².